The number of hydrogen-bond donors (Lipinski definition) is 2. The van der Waals surface area contributed by atoms with E-state index in [4.69, 9.17) is 27.1 Å². The van der Waals surface area contributed by atoms with Gasteiger partial charge in [0.05, 0.1) is 31.2 Å². The first kappa shape index (κ1) is 20.6. The number of rotatable bonds is 3. The Balaban J connectivity index is 1.48. The van der Waals surface area contributed by atoms with Crippen molar-refractivity contribution in [3.63, 3.8) is 0 Å². The summed E-state index contributed by atoms with van der Waals surface area (Å²) < 4.78 is 21.2. The third-order valence-electron chi connectivity index (χ3n) is 6.66. The summed E-state index contributed by atoms with van der Waals surface area (Å²) in [5, 5.41) is 14.3. The van der Waals surface area contributed by atoms with Crippen LogP contribution in [0.1, 0.15) is 25.5 Å². The molecule has 0 radical (unpaired) electrons. The van der Waals surface area contributed by atoms with E-state index in [0.29, 0.717) is 35.0 Å². The maximum absolute atomic E-state index is 13.9. The fraction of sp³-hybridized carbons (Fsp3) is 0.476. The number of nitrogens with two attached hydrogens (primary N) is 1. The molecular weight excluding hydrogens is 423 g/mol. The van der Waals surface area contributed by atoms with Gasteiger partial charge in [0.1, 0.15) is 22.1 Å². The van der Waals surface area contributed by atoms with Crippen molar-refractivity contribution in [1.29, 1.82) is 0 Å². The molecule has 164 valence electrons. The van der Waals surface area contributed by atoms with Crippen LogP contribution in [-0.4, -0.2) is 56.7 Å². The summed E-state index contributed by atoms with van der Waals surface area (Å²) in [4.78, 5) is 11.5. The van der Waals surface area contributed by atoms with Crippen molar-refractivity contribution >= 4 is 28.6 Å². The molecule has 2 aliphatic rings. The fourth-order valence-corrected chi connectivity index (χ4v) is 4.91. The van der Waals surface area contributed by atoms with Gasteiger partial charge in [-0.1, -0.05) is 17.7 Å². The van der Waals surface area contributed by atoms with E-state index in [1.807, 2.05) is 6.92 Å². The molecule has 2 fully saturated rings. The predicted octanol–water partition coefficient (Wildman–Crippen LogP) is 2.43. The van der Waals surface area contributed by atoms with Crippen LogP contribution in [0.3, 0.4) is 0 Å². The van der Waals surface area contributed by atoms with Gasteiger partial charge in [-0.05, 0) is 31.9 Å². The van der Waals surface area contributed by atoms with Crippen LogP contribution in [-0.2, 0) is 11.3 Å². The second-order valence-corrected chi connectivity index (χ2v) is 8.76. The molecule has 4 heterocycles. The highest BCUT2D eigenvalue weighted by molar-refractivity contribution is 6.32. The Morgan fingerprint density at radius 2 is 2.10 bits per heavy atom. The lowest BCUT2D eigenvalue weighted by Gasteiger charge is -2.41. The number of aliphatic hydroxyl groups is 1. The Kier molecular flexibility index (Phi) is 5.09. The molecule has 31 heavy (non-hydrogen) atoms. The predicted molar refractivity (Wildman–Crippen MR) is 115 cm³/mol. The van der Waals surface area contributed by atoms with Crippen LogP contribution in [0.2, 0.25) is 5.02 Å². The minimum atomic E-state index is -0.541. The van der Waals surface area contributed by atoms with Gasteiger partial charge in [0.15, 0.2) is 11.5 Å². The first-order valence-electron chi connectivity index (χ1n) is 10.4. The minimum Gasteiger partial charge on any atom is -0.390 e. The zero-order chi connectivity index (χ0) is 21.8. The van der Waals surface area contributed by atoms with E-state index < -0.39 is 5.82 Å². The Morgan fingerprint density at radius 1 is 1.32 bits per heavy atom. The first-order chi connectivity index (χ1) is 14.9. The normalized spacial score (nSPS) is 23.2. The van der Waals surface area contributed by atoms with E-state index in [1.54, 1.807) is 18.3 Å². The number of ether oxygens (including phenoxy) is 1. The van der Waals surface area contributed by atoms with Gasteiger partial charge < -0.3 is 20.5 Å². The zero-order valence-electron chi connectivity index (χ0n) is 17.1. The van der Waals surface area contributed by atoms with E-state index in [1.165, 1.54) is 10.7 Å². The average molecular weight is 447 g/mol. The van der Waals surface area contributed by atoms with Gasteiger partial charge in [0.25, 0.3) is 0 Å². The zero-order valence-corrected chi connectivity index (χ0v) is 17.9. The molecule has 0 aliphatic carbocycles. The van der Waals surface area contributed by atoms with E-state index >= 15 is 0 Å². The molecule has 0 bridgehead atoms. The first-order valence-corrected chi connectivity index (χ1v) is 10.7. The molecule has 3 N–H and O–H groups in total. The molecule has 1 aromatic carbocycles. The van der Waals surface area contributed by atoms with Crippen molar-refractivity contribution < 1.29 is 14.2 Å². The van der Waals surface area contributed by atoms with Gasteiger partial charge >= 0.3 is 0 Å². The van der Waals surface area contributed by atoms with Gasteiger partial charge in [0, 0.05) is 24.5 Å². The number of aromatic nitrogens is 4. The molecule has 10 heteroatoms. The van der Waals surface area contributed by atoms with Crippen molar-refractivity contribution in [2.75, 3.05) is 24.6 Å². The number of benzene rings is 1. The van der Waals surface area contributed by atoms with Gasteiger partial charge in [-0.25, -0.2) is 19.0 Å². The summed E-state index contributed by atoms with van der Waals surface area (Å²) in [5.41, 5.74) is 8.18. The third-order valence-corrected chi connectivity index (χ3v) is 7.04. The Hall–Kier alpha value is -2.33. The highest BCUT2D eigenvalue weighted by Crippen LogP contribution is 2.42. The van der Waals surface area contributed by atoms with Crippen molar-refractivity contribution in [2.45, 2.75) is 38.5 Å². The molecule has 5 rings (SSSR count). The fourth-order valence-electron chi connectivity index (χ4n) is 4.70. The molecule has 2 aromatic heterocycles. The van der Waals surface area contributed by atoms with Gasteiger partial charge in [-0.15, -0.1) is 0 Å². The van der Waals surface area contributed by atoms with Crippen LogP contribution >= 0.6 is 11.6 Å². The van der Waals surface area contributed by atoms with Crippen molar-refractivity contribution in [1.82, 2.24) is 19.7 Å². The van der Waals surface area contributed by atoms with Crippen LogP contribution in [0.5, 0.6) is 0 Å². The van der Waals surface area contributed by atoms with Crippen LogP contribution in [0.15, 0.2) is 24.4 Å². The highest BCUT2D eigenvalue weighted by atomic mass is 35.5. The molecular formula is C21H24ClFN6O2. The standard InChI is InChI=1S/C21H24ClFN6O2/c1-12-18(24)21(11-31-12)5-7-28(8-6-21)19-15(10-30)27-20-14(26-19)9-25-29(20)16-4-2-3-13(23)17(16)22/h2-4,9,12,18,30H,5-8,10-11,24H2,1H3/t12-,18+/m0/s1. The monoisotopic (exact) mass is 446 g/mol. The third kappa shape index (κ3) is 3.27. The second-order valence-electron chi connectivity index (χ2n) is 8.38. The summed E-state index contributed by atoms with van der Waals surface area (Å²) in [6.07, 6.45) is 3.42. The molecule has 0 amide bonds. The maximum atomic E-state index is 13.9. The van der Waals surface area contributed by atoms with Crippen molar-refractivity contribution in [2.24, 2.45) is 11.1 Å². The van der Waals surface area contributed by atoms with Crippen molar-refractivity contribution in [3.8, 4) is 5.69 Å². The minimum absolute atomic E-state index is 0.00810. The lowest BCUT2D eigenvalue weighted by Crippen LogP contribution is -2.51. The van der Waals surface area contributed by atoms with Crippen molar-refractivity contribution in [3.05, 3.63) is 40.9 Å². The van der Waals surface area contributed by atoms with Crippen LogP contribution in [0.25, 0.3) is 16.9 Å². The van der Waals surface area contributed by atoms with E-state index in [2.05, 4.69) is 15.0 Å². The number of aliphatic hydroxyl groups excluding tert-OH is 1. The number of hydrogen-bond acceptors (Lipinski definition) is 7. The molecule has 1 spiro atoms. The molecule has 2 atom stereocenters. The number of halogens is 2. The smallest absolute Gasteiger partial charge is 0.182 e. The Labute approximate surface area is 183 Å². The summed E-state index contributed by atoms with van der Waals surface area (Å²) in [7, 11) is 0. The van der Waals surface area contributed by atoms with Crippen LogP contribution in [0, 0.1) is 11.2 Å². The highest BCUT2D eigenvalue weighted by Gasteiger charge is 2.47. The van der Waals surface area contributed by atoms with E-state index in [9.17, 15) is 9.50 Å². The lowest BCUT2D eigenvalue weighted by molar-refractivity contribution is 0.0973. The van der Waals surface area contributed by atoms with Crippen LogP contribution < -0.4 is 10.6 Å². The van der Waals surface area contributed by atoms with E-state index in [0.717, 1.165) is 25.9 Å². The van der Waals surface area contributed by atoms with Crippen LogP contribution in [0.4, 0.5) is 10.2 Å². The summed E-state index contributed by atoms with van der Waals surface area (Å²) in [6, 6.07) is 4.52. The summed E-state index contributed by atoms with van der Waals surface area (Å²) in [6.45, 7) is 3.93. The number of nitrogens with zero attached hydrogens (tertiary/aromatic N) is 5. The average Bonchev–Trinajstić information content (AvgIpc) is 3.32. The molecule has 3 aromatic rings. The topological polar surface area (TPSA) is 102 Å². The Morgan fingerprint density at radius 3 is 2.77 bits per heavy atom. The molecule has 2 aliphatic heterocycles. The summed E-state index contributed by atoms with van der Waals surface area (Å²) in [5.74, 6) is 0.0933. The number of anilines is 1. The Bertz CT molecular complexity index is 1130. The van der Waals surface area contributed by atoms with Gasteiger partial charge in [-0.2, -0.15) is 5.10 Å². The number of piperidine rings is 1. The quantitative estimate of drug-likeness (QED) is 0.637. The number of fused-ring (bicyclic) bond motifs is 1. The largest absolute Gasteiger partial charge is 0.390 e. The molecule has 0 unspecified atom stereocenters. The van der Waals surface area contributed by atoms with E-state index in [-0.39, 0.29) is 29.2 Å². The molecule has 0 saturated carbocycles. The van der Waals surface area contributed by atoms with Gasteiger partial charge in [-0.3, -0.25) is 0 Å². The second kappa shape index (κ2) is 7.67. The maximum Gasteiger partial charge on any atom is 0.182 e. The molecule has 8 nitrogen and oxygen atoms in total. The summed E-state index contributed by atoms with van der Waals surface area (Å²) >= 11 is 6.13. The SMILES string of the molecule is C[C@@H]1OCC2(CCN(c3nc4cnn(-c5cccc(F)c5Cl)c4nc3CO)CC2)[C@@H]1N. The van der Waals surface area contributed by atoms with Gasteiger partial charge in [0.2, 0.25) is 0 Å². The molecule has 2 saturated heterocycles. The lowest BCUT2D eigenvalue weighted by atomic mass is 9.73.